The van der Waals surface area contributed by atoms with Gasteiger partial charge in [0.05, 0.1) is 5.69 Å². The average molecular weight is 409 g/mol. The minimum absolute atomic E-state index is 0.118. The fourth-order valence-corrected chi connectivity index (χ4v) is 5.11. The van der Waals surface area contributed by atoms with Crippen molar-refractivity contribution in [1.82, 2.24) is 18.8 Å². The second-order valence-electron chi connectivity index (χ2n) is 7.53. The molecule has 1 aliphatic rings. The minimum Gasteiger partial charge on any atom is -0.282 e. The van der Waals surface area contributed by atoms with Gasteiger partial charge in [-0.25, -0.2) is 4.39 Å². The molecule has 28 heavy (non-hydrogen) atoms. The number of H-pyrrole nitrogens is 1. The van der Waals surface area contributed by atoms with E-state index in [1.165, 1.54) is 22.9 Å². The van der Waals surface area contributed by atoms with Crippen LogP contribution in [0.4, 0.5) is 4.39 Å². The highest BCUT2D eigenvalue weighted by Gasteiger charge is 2.30. The van der Waals surface area contributed by atoms with Crippen LogP contribution in [0.25, 0.3) is 11.3 Å². The highest BCUT2D eigenvalue weighted by atomic mass is 32.2. The smallest absolute Gasteiger partial charge is 0.281 e. The lowest BCUT2D eigenvalue weighted by Crippen LogP contribution is -2.46. The number of nitrogens with one attached hydrogen (secondary N) is 1. The first-order valence-corrected chi connectivity index (χ1v) is 11.3. The summed E-state index contributed by atoms with van der Waals surface area (Å²) in [5.41, 5.74) is 2.54. The molecule has 0 unspecified atom stereocenters. The van der Waals surface area contributed by atoms with Crippen molar-refractivity contribution in [2.75, 3.05) is 20.6 Å². The van der Waals surface area contributed by atoms with Crippen LogP contribution in [0.2, 0.25) is 0 Å². The quantitative estimate of drug-likeness (QED) is 0.726. The first-order valence-electron chi connectivity index (χ1n) is 9.87. The number of halogens is 1. The van der Waals surface area contributed by atoms with Crippen LogP contribution < -0.4 is 0 Å². The van der Waals surface area contributed by atoms with Crippen molar-refractivity contribution in [3.05, 3.63) is 41.8 Å². The molecule has 1 heterocycles. The van der Waals surface area contributed by atoms with Crippen LogP contribution in [-0.4, -0.2) is 53.9 Å². The van der Waals surface area contributed by atoms with E-state index in [-0.39, 0.29) is 11.9 Å². The van der Waals surface area contributed by atoms with Crippen molar-refractivity contribution < 1.29 is 12.8 Å². The molecule has 1 saturated carbocycles. The van der Waals surface area contributed by atoms with Crippen molar-refractivity contribution in [3.8, 4) is 11.3 Å². The molecule has 3 rings (SSSR count). The van der Waals surface area contributed by atoms with Crippen LogP contribution >= 0.6 is 0 Å². The van der Waals surface area contributed by atoms with Gasteiger partial charge in [0.25, 0.3) is 10.2 Å². The van der Waals surface area contributed by atoms with Gasteiger partial charge in [0.1, 0.15) is 5.82 Å². The van der Waals surface area contributed by atoms with E-state index in [1.54, 1.807) is 30.5 Å². The third kappa shape index (κ3) is 4.98. The van der Waals surface area contributed by atoms with Crippen molar-refractivity contribution in [2.24, 2.45) is 0 Å². The highest BCUT2D eigenvalue weighted by Crippen LogP contribution is 2.24. The van der Waals surface area contributed by atoms with Crippen LogP contribution in [0.15, 0.2) is 30.3 Å². The lowest BCUT2D eigenvalue weighted by molar-refractivity contribution is 0.268. The Morgan fingerprint density at radius 3 is 2.50 bits per heavy atom. The Labute approximate surface area is 166 Å². The number of benzene rings is 1. The number of aromatic nitrogens is 2. The molecule has 1 fully saturated rings. The number of aromatic amines is 1. The maximum atomic E-state index is 13.0. The van der Waals surface area contributed by atoms with Gasteiger partial charge in [-0.1, -0.05) is 19.3 Å². The van der Waals surface area contributed by atoms with Gasteiger partial charge >= 0.3 is 0 Å². The van der Waals surface area contributed by atoms with Gasteiger partial charge in [-0.15, -0.1) is 0 Å². The summed E-state index contributed by atoms with van der Waals surface area (Å²) in [5.74, 6) is -0.276. The van der Waals surface area contributed by atoms with Crippen molar-refractivity contribution in [1.29, 1.82) is 0 Å². The van der Waals surface area contributed by atoms with Gasteiger partial charge < -0.3 is 0 Å². The van der Waals surface area contributed by atoms with E-state index in [2.05, 4.69) is 10.2 Å². The van der Waals surface area contributed by atoms with Crippen molar-refractivity contribution in [3.63, 3.8) is 0 Å². The summed E-state index contributed by atoms with van der Waals surface area (Å²) in [6, 6.07) is 8.24. The van der Waals surface area contributed by atoms with Gasteiger partial charge in [-0.05, 0) is 56.0 Å². The summed E-state index contributed by atoms with van der Waals surface area (Å²) in [4.78, 5) is 0. The molecule has 0 amide bonds. The molecule has 1 aliphatic carbocycles. The molecule has 0 radical (unpaired) electrons. The molecular formula is C20H29FN4O2S. The maximum Gasteiger partial charge on any atom is 0.281 e. The zero-order chi connectivity index (χ0) is 20.1. The maximum absolute atomic E-state index is 13.0. The van der Waals surface area contributed by atoms with Crippen LogP contribution in [0.3, 0.4) is 0 Å². The summed E-state index contributed by atoms with van der Waals surface area (Å²) in [5, 5.41) is 7.25. The molecule has 2 aromatic rings. The number of rotatable bonds is 8. The van der Waals surface area contributed by atoms with Gasteiger partial charge in [0, 0.05) is 37.9 Å². The van der Waals surface area contributed by atoms with Crippen LogP contribution in [0.5, 0.6) is 0 Å². The van der Waals surface area contributed by atoms with E-state index in [1.807, 2.05) is 6.07 Å². The minimum atomic E-state index is -3.43. The molecule has 0 aliphatic heterocycles. The topological polar surface area (TPSA) is 69.3 Å². The van der Waals surface area contributed by atoms with E-state index >= 15 is 0 Å². The van der Waals surface area contributed by atoms with Crippen molar-refractivity contribution in [2.45, 2.75) is 51.0 Å². The Morgan fingerprint density at radius 2 is 1.82 bits per heavy atom. The Bertz CT molecular complexity index is 861. The first-order chi connectivity index (χ1) is 13.4. The van der Waals surface area contributed by atoms with Gasteiger partial charge in [0.15, 0.2) is 0 Å². The second-order valence-corrected chi connectivity index (χ2v) is 9.62. The van der Waals surface area contributed by atoms with E-state index in [0.29, 0.717) is 19.4 Å². The lowest BCUT2D eigenvalue weighted by Gasteiger charge is -2.33. The molecule has 0 bridgehead atoms. The molecule has 6 nitrogen and oxygen atoms in total. The predicted octanol–water partition coefficient (Wildman–Crippen LogP) is 3.59. The normalized spacial score (nSPS) is 16.2. The molecule has 0 saturated heterocycles. The van der Waals surface area contributed by atoms with Crippen molar-refractivity contribution >= 4 is 10.2 Å². The second kappa shape index (κ2) is 9.15. The van der Waals surface area contributed by atoms with Crippen LogP contribution in [0, 0.1) is 5.82 Å². The number of nitrogens with zero attached hydrogens (tertiary/aromatic N) is 3. The Morgan fingerprint density at radius 1 is 1.14 bits per heavy atom. The molecule has 0 spiro atoms. The average Bonchev–Trinajstić information content (AvgIpc) is 3.17. The van der Waals surface area contributed by atoms with Crippen LogP contribution in [0.1, 0.15) is 44.2 Å². The summed E-state index contributed by atoms with van der Waals surface area (Å²) >= 11 is 0. The van der Waals surface area contributed by atoms with Crippen LogP contribution in [-0.2, 0) is 16.6 Å². The molecule has 1 N–H and O–H groups in total. The molecule has 154 valence electrons. The summed E-state index contributed by atoms with van der Waals surface area (Å²) < 4.78 is 41.6. The number of hydrogen-bond donors (Lipinski definition) is 1. The largest absolute Gasteiger partial charge is 0.282 e. The Kier molecular flexibility index (Phi) is 6.85. The number of hydrogen-bond acceptors (Lipinski definition) is 3. The monoisotopic (exact) mass is 408 g/mol. The zero-order valence-corrected chi connectivity index (χ0v) is 17.4. The number of aryl methyl sites for hydroxylation is 1. The Hall–Kier alpha value is -1.77. The molecular weight excluding hydrogens is 379 g/mol. The third-order valence-corrected chi connectivity index (χ3v) is 7.53. The van der Waals surface area contributed by atoms with E-state index in [4.69, 9.17) is 0 Å². The SMILES string of the molecule is CN(CCCc1cc(-c2ccc(F)cc2)n[nH]1)S(=O)(=O)N(C)C1CCCCC1. The fourth-order valence-electron chi connectivity index (χ4n) is 3.72. The first kappa shape index (κ1) is 21.0. The summed E-state index contributed by atoms with van der Waals surface area (Å²) in [7, 11) is -0.0851. The zero-order valence-electron chi connectivity index (χ0n) is 16.6. The van der Waals surface area contributed by atoms with E-state index in [9.17, 15) is 12.8 Å². The molecule has 8 heteroatoms. The summed E-state index contributed by atoms with van der Waals surface area (Å²) in [6.45, 7) is 0.449. The molecule has 1 aromatic carbocycles. The third-order valence-electron chi connectivity index (χ3n) is 5.54. The molecule has 1 aromatic heterocycles. The highest BCUT2D eigenvalue weighted by molar-refractivity contribution is 7.86. The fraction of sp³-hybridized carbons (Fsp3) is 0.550. The Balaban J connectivity index is 1.52. The lowest BCUT2D eigenvalue weighted by atomic mass is 9.96. The summed E-state index contributed by atoms with van der Waals surface area (Å²) in [6.07, 6.45) is 6.69. The molecule has 0 atom stereocenters. The predicted molar refractivity (Wildman–Crippen MR) is 108 cm³/mol. The van der Waals surface area contributed by atoms with Gasteiger partial charge in [-0.2, -0.15) is 22.1 Å². The van der Waals surface area contributed by atoms with Gasteiger partial charge in [0.2, 0.25) is 0 Å². The standard InChI is InChI=1S/C20H29FN4O2S/c1-24(28(26,27)25(2)19-8-4-3-5-9-19)14-6-7-18-15-20(23-22-18)16-10-12-17(21)13-11-16/h10-13,15,19H,3-9,14H2,1-2H3,(H,22,23). The van der Waals surface area contributed by atoms with E-state index in [0.717, 1.165) is 42.6 Å². The van der Waals surface area contributed by atoms with E-state index < -0.39 is 10.2 Å². The van der Waals surface area contributed by atoms with Gasteiger partial charge in [-0.3, -0.25) is 5.10 Å².